The number of benzene rings is 2. The predicted molar refractivity (Wildman–Crippen MR) is 97.8 cm³/mol. The molecule has 0 aliphatic heterocycles. The van der Waals surface area contributed by atoms with E-state index in [1.54, 1.807) is 7.11 Å². The molecule has 0 fully saturated rings. The maximum absolute atomic E-state index is 6.18. The molecular formula is C18H17ClN4O. The molecule has 6 heteroatoms. The van der Waals surface area contributed by atoms with Gasteiger partial charge in [0.15, 0.2) is 0 Å². The fourth-order valence-electron chi connectivity index (χ4n) is 2.22. The number of anilines is 4. The minimum Gasteiger partial charge on any atom is -0.497 e. The van der Waals surface area contributed by atoms with Crippen LogP contribution in [0, 0.1) is 6.92 Å². The maximum atomic E-state index is 6.18. The molecule has 0 saturated carbocycles. The van der Waals surface area contributed by atoms with Crippen LogP contribution in [-0.4, -0.2) is 17.1 Å². The molecule has 5 nitrogen and oxygen atoms in total. The van der Waals surface area contributed by atoms with Crippen LogP contribution in [0.4, 0.5) is 23.1 Å². The van der Waals surface area contributed by atoms with Crippen LogP contribution in [-0.2, 0) is 0 Å². The molecule has 0 amide bonds. The van der Waals surface area contributed by atoms with Gasteiger partial charge in [-0.05, 0) is 31.2 Å². The Morgan fingerprint density at radius 3 is 2.58 bits per heavy atom. The number of ether oxygens (including phenoxy) is 1. The lowest BCUT2D eigenvalue weighted by Gasteiger charge is -2.11. The van der Waals surface area contributed by atoms with E-state index in [0.717, 1.165) is 22.8 Å². The number of methoxy groups -OCH3 is 1. The van der Waals surface area contributed by atoms with Gasteiger partial charge in [-0.2, -0.15) is 4.98 Å². The van der Waals surface area contributed by atoms with Crippen LogP contribution >= 0.6 is 11.6 Å². The maximum Gasteiger partial charge on any atom is 0.229 e. The number of aryl methyl sites for hydroxylation is 1. The molecule has 24 heavy (non-hydrogen) atoms. The summed E-state index contributed by atoms with van der Waals surface area (Å²) >= 11 is 6.18. The van der Waals surface area contributed by atoms with Crippen molar-refractivity contribution in [1.82, 2.24) is 9.97 Å². The molecule has 3 rings (SSSR count). The van der Waals surface area contributed by atoms with Crippen molar-refractivity contribution in [3.8, 4) is 5.75 Å². The molecular weight excluding hydrogens is 324 g/mol. The summed E-state index contributed by atoms with van der Waals surface area (Å²) in [6, 6.07) is 17.0. The van der Waals surface area contributed by atoms with E-state index in [9.17, 15) is 0 Å². The summed E-state index contributed by atoms with van der Waals surface area (Å²) in [4.78, 5) is 8.90. The summed E-state index contributed by atoms with van der Waals surface area (Å²) < 4.78 is 5.22. The summed E-state index contributed by atoms with van der Waals surface area (Å²) in [7, 11) is 1.63. The van der Waals surface area contributed by atoms with Crippen molar-refractivity contribution in [2.75, 3.05) is 17.7 Å². The van der Waals surface area contributed by atoms with Crippen molar-refractivity contribution in [3.05, 3.63) is 65.3 Å². The van der Waals surface area contributed by atoms with Gasteiger partial charge in [0.1, 0.15) is 11.6 Å². The smallest absolute Gasteiger partial charge is 0.229 e. The van der Waals surface area contributed by atoms with Crippen LogP contribution in [0.1, 0.15) is 5.69 Å². The van der Waals surface area contributed by atoms with Gasteiger partial charge in [-0.15, -0.1) is 0 Å². The van der Waals surface area contributed by atoms with E-state index in [4.69, 9.17) is 16.3 Å². The van der Waals surface area contributed by atoms with Gasteiger partial charge < -0.3 is 15.4 Å². The predicted octanol–water partition coefficient (Wildman–Crippen LogP) is 4.93. The van der Waals surface area contributed by atoms with Crippen molar-refractivity contribution in [2.24, 2.45) is 0 Å². The minimum absolute atomic E-state index is 0.498. The second-order valence-electron chi connectivity index (χ2n) is 5.18. The lowest BCUT2D eigenvalue weighted by Crippen LogP contribution is -2.02. The first-order valence-electron chi connectivity index (χ1n) is 7.42. The van der Waals surface area contributed by atoms with Crippen molar-refractivity contribution in [1.29, 1.82) is 0 Å². The number of hydrogen-bond acceptors (Lipinski definition) is 5. The Morgan fingerprint density at radius 1 is 0.958 bits per heavy atom. The van der Waals surface area contributed by atoms with Crippen LogP contribution < -0.4 is 15.4 Å². The molecule has 0 aliphatic carbocycles. The first kappa shape index (κ1) is 16.1. The molecule has 0 saturated heterocycles. The molecule has 0 unspecified atom stereocenters. The van der Waals surface area contributed by atoms with Crippen LogP contribution in [0.5, 0.6) is 5.75 Å². The number of para-hydroxylation sites is 1. The second kappa shape index (κ2) is 7.19. The third-order valence-corrected chi connectivity index (χ3v) is 3.65. The summed E-state index contributed by atoms with van der Waals surface area (Å²) in [5.74, 6) is 1.93. The van der Waals surface area contributed by atoms with Crippen LogP contribution in [0.2, 0.25) is 5.02 Å². The Balaban J connectivity index is 1.84. The zero-order chi connectivity index (χ0) is 16.9. The first-order valence-corrected chi connectivity index (χ1v) is 7.80. The van der Waals surface area contributed by atoms with Crippen LogP contribution in [0.25, 0.3) is 0 Å². The Bertz CT molecular complexity index is 854. The number of nitrogens with one attached hydrogen (secondary N) is 2. The van der Waals surface area contributed by atoms with Crippen molar-refractivity contribution < 1.29 is 4.74 Å². The van der Waals surface area contributed by atoms with Gasteiger partial charge in [-0.1, -0.05) is 29.8 Å². The Kier molecular flexibility index (Phi) is 4.82. The molecule has 3 aromatic rings. The molecule has 0 atom stereocenters. The zero-order valence-corrected chi connectivity index (χ0v) is 14.1. The SMILES string of the molecule is COc1cccc(Nc2nc(C)cc(Nc3ccccc3Cl)n2)c1. The summed E-state index contributed by atoms with van der Waals surface area (Å²) in [5.41, 5.74) is 2.48. The average Bonchev–Trinajstić information content (AvgIpc) is 2.56. The van der Waals surface area contributed by atoms with Gasteiger partial charge in [0, 0.05) is 23.5 Å². The highest BCUT2D eigenvalue weighted by Crippen LogP contribution is 2.25. The highest BCUT2D eigenvalue weighted by molar-refractivity contribution is 6.33. The van der Waals surface area contributed by atoms with Gasteiger partial charge in [-0.3, -0.25) is 0 Å². The van der Waals surface area contributed by atoms with Gasteiger partial charge in [0.25, 0.3) is 0 Å². The van der Waals surface area contributed by atoms with E-state index in [1.165, 1.54) is 0 Å². The third-order valence-electron chi connectivity index (χ3n) is 3.32. The zero-order valence-electron chi connectivity index (χ0n) is 13.4. The Labute approximate surface area is 145 Å². The number of hydrogen-bond donors (Lipinski definition) is 2. The lowest BCUT2D eigenvalue weighted by atomic mass is 10.3. The molecule has 1 heterocycles. The number of halogens is 1. The normalized spacial score (nSPS) is 10.3. The van der Waals surface area contributed by atoms with Crippen LogP contribution in [0.15, 0.2) is 54.6 Å². The molecule has 1 aromatic heterocycles. The lowest BCUT2D eigenvalue weighted by molar-refractivity contribution is 0.415. The van der Waals surface area contributed by atoms with E-state index in [2.05, 4.69) is 20.6 Å². The molecule has 0 bridgehead atoms. The van der Waals surface area contributed by atoms with Gasteiger partial charge in [-0.25, -0.2) is 4.98 Å². The highest BCUT2D eigenvalue weighted by atomic mass is 35.5. The Hall–Kier alpha value is -2.79. The standard InChI is InChI=1S/C18H17ClN4O/c1-12-10-17(22-16-9-4-3-8-15(16)19)23-18(20-12)21-13-6-5-7-14(11-13)24-2/h3-11H,1-2H3,(H2,20,21,22,23). The fraction of sp³-hybridized carbons (Fsp3) is 0.111. The van der Waals surface area contributed by atoms with Crippen LogP contribution in [0.3, 0.4) is 0 Å². The fourth-order valence-corrected chi connectivity index (χ4v) is 2.40. The number of aromatic nitrogens is 2. The molecule has 0 radical (unpaired) electrons. The van der Waals surface area contributed by atoms with E-state index < -0.39 is 0 Å². The third kappa shape index (κ3) is 3.94. The van der Waals surface area contributed by atoms with Gasteiger partial charge in [0.2, 0.25) is 5.95 Å². The van der Waals surface area contributed by atoms with Crippen molar-refractivity contribution >= 4 is 34.7 Å². The van der Waals surface area contributed by atoms with Gasteiger partial charge in [0.05, 0.1) is 17.8 Å². The molecule has 122 valence electrons. The Morgan fingerprint density at radius 2 is 1.79 bits per heavy atom. The largest absolute Gasteiger partial charge is 0.497 e. The second-order valence-corrected chi connectivity index (χ2v) is 5.59. The molecule has 2 N–H and O–H groups in total. The van der Waals surface area contributed by atoms with E-state index in [0.29, 0.717) is 16.8 Å². The summed E-state index contributed by atoms with van der Waals surface area (Å²) in [5, 5.41) is 7.03. The first-order chi connectivity index (χ1) is 11.6. The number of rotatable bonds is 5. The van der Waals surface area contributed by atoms with Crippen molar-refractivity contribution in [2.45, 2.75) is 6.92 Å². The molecule has 0 spiro atoms. The van der Waals surface area contributed by atoms with E-state index >= 15 is 0 Å². The average molecular weight is 341 g/mol. The minimum atomic E-state index is 0.498. The highest BCUT2D eigenvalue weighted by Gasteiger charge is 2.06. The topological polar surface area (TPSA) is 59.1 Å². The monoisotopic (exact) mass is 340 g/mol. The van der Waals surface area contributed by atoms with Gasteiger partial charge >= 0.3 is 0 Å². The molecule has 2 aromatic carbocycles. The van der Waals surface area contributed by atoms with E-state index in [-0.39, 0.29) is 0 Å². The molecule has 0 aliphatic rings. The van der Waals surface area contributed by atoms with E-state index in [1.807, 2.05) is 61.5 Å². The summed E-state index contributed by atoms with van der Waals surface area (Å²) in [6.07, 6.45) is 0. The van der Waals surface area contributed by atoms with Crippen molar-refractivity contribution in [3.63, 3.8) is 0 Å². The summed E-state index contributed by atoms with van der Waals surface area (Å²) in [6.45, 7) is 1.91. The quantitative estimate of drug-likeness (QED) is 0.689. The number of nitrogens with zero attached hydrogens (tertiary/aromatic N) is 2.